The lowest BCUT2D eigenvalue weighted by Gasteiger charge is -2.46. The van der Waals surface area contributed by atoms with Gasteiger partial charge in [0.2, 0.25) is 0 Å². The second kappa shape index (κ2) is 9.97. The fourth-order valence-corrected chi connectivity index (χ4v) is 9.18. The van der Waals surface area contributed by atoms with Gasteiger partial charge in [-0.2, -0.15) is 0 Å². The minimum Gasteiger partial charge on any atom is -0.463 e. The molecular weight excluding hydrogens is 419 g/mol. The van der Waals surface area contributed by atoms with Gasteiger partial charge < -0.3 is 9.16 Å². The number of esters is 1. The van der Waals surface area contributed by atoms with Crippen LogP contribution in [0.15, 0.2) is 84.5 Å². The highest BCUT2D eigenvalue weighted by Gasteiger charge is 2.52. The fraction of sp³-hybridized carbons (Fsp3) is 0.370. The minimum absolute atomic E-state index is 0.151. The van der Waals surface area contributed by atoms with Crippen LogP contribution in [0.5, 0.6) is 0 Å². The third-order valence-electron chi connectivity index (χ3n) is 6.05. The monoisotopic (exact) mass is 452 g/mol. The molecule has 1 aliphatic carbocycles. The lowest BCUT2D eigenvalue weighted by Crippen LogP contribution is -2.68. The third-order valence-corrected chi connectivity index (χ3v) is 11.1. The topological polar surface area (TPSA) is 35.5 Å². The highest BCUT2D eigenvalue weighted by molar-refractivity contribution is 6.99. The maximum atomic E-state index is 15.0. The zero-order valence-corrected chi connectivity index (χ0v) is 20.4. The number of ether oxygens (including phenoxy) is 1. The van der Waals surface area contributed by atoms with Crippen LogP contribution in [-0.2, 0) is 14.0 Å². The van der Waals surface area contributed by atoms with Crippen LogP contribution in [0.1, 0.15) is 40.5 Å². The van der Waals surface area contributed by atoms with Gasteiger partial charge >= 0.3 is 5.97 Å². The van der Waals surface area contributed by atoms with E-state index in [0.29, 0.717) is 17.6 Å². The third kappa shape index (κ3) is 4.94. The van der Waals surface area contributed by atoms with Crippen LogP contribution < -0.4 is 10.4 Å². The first-order valence-electron chi connectivity index (χ1n) is 11.2. The molecule has 0 unspecified atom stereocenters. The summed E-state index contributed by atoms with van der Waals surface area (Å²) in [5.74, 6) is -0.439. The molecule has 0 heterocycles. The Kier molecular flexibility index (Phi) is 7.52. The average molecular weight is 453 g/mol. The molecule has 0 bridgehead atoms. The molecular formula is C27H33FO3Si. The van der Waals surface area contributed by atoms with Gasteiger partial charge in [-0.3, -0.25) is 0 Å². The standard InChI is InChI=1S/C27H33FO3Si/c1-6-30-26(29)19-21-17-24(28)20(2)25(18-21)31-32(27(3,4)5,22-13-9-7-10-14-22)23-15-11-8-12-16-23/h7-16,19,24-25H,2,6,17-18H2,1,3-5H3/t24-,25+/m0/s1. The van der Waals surface area contributed by atoms with Crippen molar-refractivity contribution < 1.29 is 18.3 Å². The SMILES string of the molecule is C=C1[C@@H](F)CC(=CC(=O)OCC)C[C@H]1O[Si](c1ccccc1)(c1ccccc1)C(C)(C)C. The van der Waals surface area contributed by atoms with Crippen molar-refractivity contribution in [2.75, 3.05) is 6.61 Å². The second-order valence-electron chi connectivity index (χ2n) is 9.28. The molecule has 0 amide bonds. The molecule has 3 rings (SSSR count). The molecule has 0 aliphatic heterocycles. The van der Waals surface area contributed by atoms with Gasteiger partial charge in [0.25, 0.3) is 8.32 Å². The van der Waals surface area contributed by atoms with Gasteiger partial charge in [-0.15, -0.1) is 0 Å². The fourth-order valence-electron chi connectivity index (χ4n) is 4.51. The highest BCUT2D eigenvalue weighted by Crippen LogP contribution is 2.41. The van der Waals surface area contributed by atoms with Crippen LogP contribution in [0.3, 0.4) is 0 Å². The molecule has 0 radical (unpaired) electrons. The summed E-state index contributed by atoms with van der Waals surface area (Å²) in [6.45, 7) is 12.7. The Morgan fingerprint density at radius 1 is 1.06 bits per heavy atom. The van der Waals surface area contributed by atoms with Gasteiger partial charge in [0, 0.05) is 12.5 Å². The number of benzene rings is 2. The van der Waals surface area contributed by atoms with Gasteiger partial charge in [0.1, 0.15) is 6.17 Å². The molecule has 3 nitrogen and oxygen atoms in total. The molecule has 2 aromatic rings. The van der Waals surface area contributed by atoms with Crippen LogP contribution in [0.2, 0.25) is 5.04 Å². The molecule has 0 aromatic heterocycles. The second-order valence-corrected chi connectivity index (χ2v) is 13.5. The Morgan fingerprint density at radius 3 is 2.06 bits per heavy atom. The van der Waals surface area contributed by atoms with Crippen LogP contribution >= 0.6 is 0 Å². The van der Waals surface area contributed by atoms with Crippen molar-refractivity contribution in [1.29, 1.82) is 0 Å². The van der Waals surface area contributed by atoms with E-state index in [-0.39, 0.29) is 18.1 Å². The number of halogens is 1. The predicted molar refractivity (Wildman–Crippen MR) is 130 cm³/mol. The van der Waals surface area contributed by atoms with E-state index in [2.05, 4.69) is 51.6 Å². The van der Waals surface area contributed by atoms with Crippen molar-refractivity contribution in [3.05, 3.63) is 84.5 Å². The Morgan fingerprint density at radius 2 is 1.59 bits per heavy atom. The molecule has 0 N–H and O–H groups in total. The molecule has 0 saturated heterocycles. The molecule has 0 spiro atoms. The van der Waals surface area contributed by atoms with Gasteiger partial charge in [0.15, 0.2) is 0 Å². The van der Waals surface area contributed by atoms with Gasteiger partial charge in [-0.25, -0.2) is 9.18 Å². The summed E-state index contributed by atoms with van der Waals surface area (Å²) < 4.78 is 27.2. The summed E-state index contributed by atoms with van der Waals surface area (Å²) in [6.07, 6.45) is 0.226. The number of rotatable bonds is 6. The Hall–Kier alpha value is -2.50. The zero-order valence-electron chi connectivity index (χ0n) is 19.4. The molecule has 32 heavy (non-hydrogen) atoms. The van der Waals surface area contributed by atoms with Crippen LogP contribution in [0.4, 0.5) is 4.39 Å². The van der Waals surface area contributed by atoms with E-state index < -0.39 is 26.6 Å². The van der Waals surface area contributed by atoms with E-state index in [1.165, 1.54) is 6.08 Å². The maximum absolute atomic E-state index is 15.0. The van der Waals surface area contributed by atoms with E-state index >= 15 is 4.39 Å². The van der Waals surface area contributed by atoms with Crippen molar-refractivity contribution in [2.24, 2.45) is 0 Å². The summed E-state index contributed by atoms with van der Waals surface area (Å²) in [5, 5.41) is 2.02. The summed E-state index contributed by atoms with van der Waals surface area (Å²) in [7, 11) is -2.86. The van der Waals surface area contributed by atoms with Crippen molar-refractivity contribution in [2.45, 2.75) is 57.9 Å². The van der Waals surface area contributed by atoms with Crippen LogP contribution in [-0.4, -0.2) is 33.2 Å². The van der Waals surface area contributed by atoms with E-state index in [4.69, 9.17) is 9.16 Å². The number of hydrogen-bond donors (Lipinski definition) is 0. The van der Waals surface area contributed by atoms with Crippen molar-refractivity contribution in [3.63, 3.8) is 0 Å². The normalized spacial score (nSPS) is 20.9. The molecule has 1 fully saturated rings. The number of alkyl halides is 1. The van der Waals surface area contributed by atoms with Gasteiger partial charge in [-0.1, -0.05) is 93.6 Å². The van der Waals surface area contributed by atoms with Gasteiger partial charge in [0.05, 0.1) is 12.7 Å². The van der Waals surface area contributed by atoms with E-state index in [1.807, 2.05) is 36.4 Å². The van der Waals surface area contributed by atoms with Crippen molar-refractivity contribution in [3.8, 4) is 0 Å². The van der Waals surface area contributed by atoms with E-state index in [1.54, 1.807) is 6.92 Å². The quantitative estimate of drug-likeness (QED) is 0.264. The number of carbonyl (C=O) groups excluding carboxylic acids is 1. The molecule has 5 heteroatoms. The number of hydrogen-bond acceptors (Lipinski definition) is 3. The van der Waals surface area contributed by atoms with Crippen LogP contribution in [0.25, 0.3) is 0 Å². The summed E-state index contributed by atoms with van der Waals surface area (Å²) in [4.78, 5) is 12.0. The van der Waals surface area contributed by atoms with E-state index in [9.17, 15) is 4.79 Å². The van der Waals surface area contributed by atoms with Crippen molar-refractivity contribution >= 4 is 24.7 Å². The summed E-state index contributed by atoms with van der Waals surface area (Å²) >= 11 is 0. The number of carbonyl (C=O) groups is 1. The molecule has 2 aromatic carbocycles. The maximum Gasteiger partial charge on any atom is 0.330 e. The zero-order chi connectivity index (χ0) is 23.4. The first kappa shape index (κ1) is 24.1. The summed E-state index contributed by atoms with van der Waals surface area (Å²) in [5.41, 5.74) is 1.14. The molecule has 1 saturated carbocycles. The predicted octanol–water partition coefficient (Wildman–Crippen LogP) is 5.11. The first-order valence-corrected chi connectivity index (χ1v) is 13.1. The molecule has 2 atom stereocenters. The Balaban J connectivity index is 2.10. The van der Waals surface area contributed by atoms with E-state index in [0.717, 1.165) is 10.4 Å². The lowest BCUT2D eigenvalue weighted by molar-refractivity contribution is -0.137. The Labute approximate surface area is 192 Å². The minimum atomic E-state index is -2.86. The first-order chi connectivity index (χ1) is 15.2. The van der Waals surface area contributed by atoms with Crippen LogP contribution in [0, 0.1) is 0 Å². The summed E-state index contributed by atoms with van der Waals surface area (Å²) in [6, 6.07) is 20.5. The highest BCUT2D eigenvalue weighted by atomic mass is 28.4. The van der Waals surface area contributed by atoms with Gasteiger partial charge in [-0.05, 0) is 34.3 Å². The Bertz CT molecular complexity index is 924. The smallest absolute Gasteiger partial charge is 0.330 e. The molecule has 1 aliphatic rings. The molecule has 170 valence electrons. The largest absolute Gasteiger partial charge is 0.463 e. The van der Waals surface area contributed by atoms with Crippen molar-refractivity contribution in [1.82, 2.24) is 0 Å². The lowest BCUT2D eigenvalue weighted by atomic mass is 9.87. The average Bonchev–Trinajstić information content (AvgIpc) is 2.75.